The Balaban J connectivity index is -0.0000000400. The average Bonchev–Trinajstić information content (AvgIpc) is 1.39. The molecule has 0 radical (unpaired) electrons. The molecule has 0 spiro atoms. The minimum Gasteiger partial charge on any atom is -0.344 e. The van der Waals surface area contributed by atoms with Crippen molar-refractivity contribution in [3.63, 3.8) is 0 Å². The lowest BCUT2D eigenvalue weighted by molar-refractivity contribution is 2.13. The van der Waals surface area contributed by atoms with E-state index in [0.717, 1.165) is 0 Å². The molecule has 0 aliphatic rings. The van der Waals surface area contributed by atoms with Crippen LogP contribution < -0.4 is 6.15 Å². The SMILES string of the molecule is Cl[SiH2]Cl.Cl[SiH2]Cl.N. The topological polar surface area (TPSA) is 35.0 Å². The Morgan fingerprint density at radius 1 is 0.714 bits per heavy atom. The van der Waals surface area contributed by atoms with Crippen molar-refractivity contribution >= 4 is 60.6 Å². The van der Waals surface area contributed by atoms with Crippen molar-refractivity contribution in [3.05, 3.63) is 0 Å². The Hall–Kier alpha value is 1.55. The normalized spacial score (nSPS) is 5.14. The zero-order valence-corrected chi connectivity index (χ0v) is 9.49. The van der Waals surface area contributed by atoms with Crippen LogP contribution in [0.25, 0.3) is 0 Å². The highest BCUT2D eigenvalue weighted by Gasteiger charge is 1.46. The molecule has 0 unspecified atom stereocenters. The van der Waals surface area contributed by atoms with E-state index in [1.54, 1.807) is 0 Å². The smallest absolute Gasteiger partial charge is 0.222 e. The van der Waals surface area contributed by atoms with Crippen LogP contribution >= 0.6 is 44.3 Å². The molecule has 1 nitrogen and oxygen atoms in total. The van der Waals surface area contributed by atoms with Gasteiger partial charge in [-0.1, -0.05) is 0 Å². The Morgan fingerprint density at radius 2 is 0.714 bits per heavy atom. The molecule has 7 heteroatoms. The highest BCUT2D eigenvalue weighted by atomic mass is 35.7. The van der Waals surface area contributed by atoms with Gasteiger partial charge in [-0.15, -0.1) is 0 Å². The van der Waals surface area contributed by atoms with E-state index < -0.39 is 16.3 Å². The first-order valence-corrected chi connectivity index (χ1v) is 9.62. The minimum atomic E-state index is -0.639. The van der Waals surface area contributed by atoms with E-state index in [2.05, 4.69) is 0 Å². The summed E-state index contributed by atoms with van der Waals surface area (Å²) in [6.45, 7) is 0. The van der Waals surface area contributed by atoms with Crippen LogP contribution in [0.1, 0.15) is 0 Å². The third-order valence-corrected chi connectivity index (χ3v) is 0. The van der Waals surface area contributed by atoms with Crippen LogP contribution in [-0.4, -0.2) is 16.3 Å². The van der Waals surface area contributed by atoms with Gasteiger partial charge in [0.1, 0.15) is 0 Å². The summed E-state index contributed by atoms with van der Waals surface area (Å²) in [6.07, 6.45) is 0. The van der Waals surface area contributed by atoms with E-state index in [-0.39, 0.29) is 6.15 Å². The Morgan fingerprint density at radius 3 is 0.714 bits per heavy atom. The summed E-state index contributed by atoms with van der Waals surface area (Å²) in [5.74, 6) is 0. The molecular formula is H7Cl4NSi2. The molecule has 0 aliphatic heterocycles. The average molecular weight is 219 g/mol. The predicted octanol–water partition coefficient (Wildman–Crippen LogP) is 1.09. The lowest BCUT2D eigenvalue weighted by Gasteiger charge is -1.39. The molecule has 0 aromatic rings. The number of rotatable bonds is 0. The molecule has 0 aromatic heterocycles. The summed E-state index contributed by atoms with van der Waals surface area (Å²) in [7, 11) is -1.28. The summed E-state index contributed by atoms with van der Waals surface area (Å²) in [5, 5.41) is 0. The van der Waals surface area contributed by atoms with Crippen LogP contribution in [0.2, 0.25) is 0 Å². The van der Waals surface area contributed by atoms with Crippen molar-refractivity contribution in [2.75, 3.05) is 0 Å². The van der Waals surface area contributed by atoms with Crippen molar-refractivity contribution in [3.8, 4) is 0 Å². The van der Waals surface area contributed by atoms with E-state index in [1.807, 2.05) is 0 Å². The first kappa shape index (κ1) is 15.8. The number of halogens is 4. The van der Waals surface area contributed by atoms with Gasteiger partial charge in [0.25, 0.3) is 0 Å². The second kappa shape index (κ2) is 25.7. The quantitative estimate of drug-likeness (QED) is 0.480. The Bertz CT molecular complexity index is 11.7. The molecule has 0 aromatic carbocycles. The van der Waals surface area contributed by atoms with Gasteiger partial charge in [-0.25, -0.2) is 0 Å². The summed E-state index contributed by atoms with van der Waals surface area (Å²) in [4.78, 5) is 0. The fourth-order valence-electron chi connectivity index (χ4n) is 0. The van der Waals surface area contributed by atoms with Crippen LogP contribution in [-0.2, 0) is 0 Å². The van der Waals surface area contributed by atoms with Crippen molar-refractivity contribution in [2.24, 2.45) is 0 Å². The fourth-order valence-corrected chi connectivity index (χ4v) is 0. The maximum absolute atomic E-state index is 4.90. The van der Waals surface area contributed by atoms with Crippen molar-refractivity contribution in [1.82, 2.24) is 6.15 Å². The summed E-state index contributed by atoms with van der Waals surface area (Å²) in [5.41, 5.74) is 0. The predicted molar refractivity (Wildman–Crippen MR) is 45.5 cm³/mol. The monoisotopic (exact) mass is 217 g/mol. The van der Waals surface area contributed by atoms with Gasteiger partial charge < -0.3 is 6.15 Å². The zero-order chi connectivity index (χ0) is 5.41. The molecule has 3 N–H and O–H groups in total. The van der Waals surface area contributed by atoms with Crippen LogP contribution in [0, 0.1) is 0 Å². The molecule has 0 aliphatic carbocycles. The van der Waals surface area contributed by atoms with Gasteiger partial charge in [-0.3, -0.25) is 0 Å². The third-order valence-electron chi connectivity index (χ3n) is 0. The molecule has 0 bridgehead atoms. The molecular weight excluding hydrogens is 212 g/mol. The van der Waals surface area contributed by atoms with Gasteiger partial charge in [0, 0.05) is 0 Å². The van der Waals surface area contributed by atoms with Crippen molar-refractivity contribution < 1.29 is 0 Å². The lowest BCUT2D eigenvalue weighted by Crippen LogP contribution is -1.36. The number of hydrogen-bond donors (Lipinski definition) is 1. The van der Waals surface area contributed by atoms with Crippen LogP contribution in [0.3, 0.4) is 0 Å². The molecule has 0 rings (SSSR count). The summed E-state index contributed by atoms with van der Waals surface area (Å²) < 4.78 is 0. The first-order valence-electron chi connectivity index (χ1n) is 1.07. The summed E-state index contributed by atoms with van der Waals surface area (Å²) in [6, 6.07) is 0. The third kappa shape index (κ3) is 96.5. The van der Waals surface area contributed by atoms with Crippen molar-refractivity contribution in [2.45, 2.75) is 0 Å². The van der Waals surface area contributed by atoms with Crippen LogP contribution in [0.4, 0.5) is 0 Å². The Labute approximate surface area is 66.7 Å². The van der Waals surface area contributed by atoms with Gasteiger partial charge in [0.2, 0.25) is 16.3 Å². The van der Waals surface area contributed by atoms with E-state index >= 15 is 0 Å². The minimum absolute atomic E-state index is 0. The van der Waals surface area contributed by atoms with Crippen LogP contribution in [0.15, 0.2) is 0 Å². The van der Waals surface area contributed by atoms with Gasteiger partial charge in [-0.05, 0) is 0 Å². The number of hydrogen-bond acceptors (Lipinski definition) is 1. The van der Waals surface area contributed by atoms with E-state index in [1.165, 1.54) is 0 Å². The van der Waals surface area contributed by atoms with E-state index in [9.17, 15) is 0 Å². The molecule has 0 atom stereocenters. The fraction of sp³-hybridized carbons (Fsp3) is 0. The molecule has 48 valence electrons. The van der Waals surface area contributed by atoms with Gasteiger partial charge in [-0.2, -0.15) is 44.3 Å². The van der Waals surface area contributed by atoms with E-state index in [4.69, 9.17) is 44.3 Å². The lowest BCUT2D eigenvalue weighted by atomic mass is 14.0. The second-order valence-corrected chi connectivity index (χ2v) is 5.45. The van der Waals surface area contributed by atoms with Gasteiger partial charge >= 0.3 is 0 Å². The molecule has 0 fully saturated rings. The first-order chi connectivity index (χ1) is 2.83. The van der Waals surface area contributed by atoms with Crippen molar-refractivity contribution in [1.29, 1.82) is 0 Å². The molecule has 0 heterocycles. The maximum Gasteiger partial charge on any atom is 0.222 e. The molecule has 0 amide bonds. The molecule has 0 saturated carbocycles. The molecule has 0 saturated heterocycles. The highest BCUT2D eigenvalue weighted by Crippen LogP contribution is 1.67. The second-order valence-electron chi connectivity index (χ2n) is 0.202. The maximum atomic E-state index is 4.90. The van der Waals surface area contributed by atoms with E-state index in [0.29, 0.717) is 0 Å². The summed E-state index contributed by atoms with van der Waals surface area (Å²) >= 11 is 19.6. The highest BCUT2D eigenvalue weighted by molar-refractivity contribution is 7.22. The van der Waals surface area contributed by atoms with Crippen LogP contribution in [0.5, 0.6) is 0 Å². The zero-order valence-electron chi connectivity index (χ0n) is 3.63. The van der Waals surface area contributed by atoms with Gasteiger partial charge in [0.15, 0.2) is 0 Å². The standard InChI is InChI=1S/2Cl2H2Si.H3N/c2*1-3-2;/h2*3H2;1H3. The van der Waals surface area contributed by atoms with Gasteiger partial charge in [0.05, 0.1) is 0 Å². The largest absolute Gasteiger partial charge is 0.344 e. The Kier molecular flexibility index (Phi) is 58.1. The molecule has 7 heavy (non-hydrogen) atoms.